The monoisotopic (exact) mass is 436 g/mol. The van der Waals surface area contributed by atoms with Crippen molar-refractivity contribution < 1.29 is 33.5 Å². The van der Waals surface area contributed by atoms with Crippen molar-refractivity contribution >= 4 is 0 Å². The Hall–Kier alpha value is -0.280. The average Bonchev–Trinajstić information content (AvgIpc) is 2.70. The summed E-state index contributed by atoms with van der Waals surface area (Å²) in [6.45, 7) is 19.5. The van der Waals surface area contributed by atoms with Crippen LogP contribution < -0.4 is 0 Å². The summed E-state index contributed by atoms with van der Waals surface area (Å²) in [7, 11) is 0. The fourth-order valence-corrected chi connectivity index (χ4v) is 2.30. The molecule has 7 heteroatoms. The fourth-order valence-electron chi connectivity index (χ4n) is 2.30. The highest BCUT2D eigenvalue weighted by Gasteiger charge is 2.13. The zero-order chi connectivity index (χ0) is 22.9. The Bertz CT molecular complexity index is 381. The highest BCUT2D eigenvalue weighted by atomic mass is 16.6. The zero-order valence-corrected chi connectivity index (χ0v) is 20.6. The molecule has 0 saturated carbocycles. The molecule has 0 amide bonds. The molecular weight excluding hydrogens is 388 g/mol. The molecule has 7 nitrogen and oxygen atoms in total. The van der Waals surface area contributed by atoms with E-state index in [0.29, 0.717) is 39.0 Å². The van der Waals surface area contributed by atoms with Crippen LogP contribution in [0.2, 0.25) is 0 Å². The number of aliphatic hydroxyl groups excluding tert-OH is 1. The minimum absolute atomic E-state index is 0.00603. The molecule has 0 aromatic carbocycles. The summed E-state index contributed by atoms with van der Waals surface area (Å²) < 4.78 is 34.4. The second-order valence-electron chi connectivity index (χ2n) is 8.77. The number of hydrogen-bond acceptors (Lipinski definition) is 7. The van der Waals surface area contributed by atoms with E-state index in [9.17, 15) is 0 Å². The first-order valence-corrected chi connectivity index (χ1v) is 11.4. The highest BCUT2D eigenvalue weighted by molar-refractivity contribution is 4.58. The van der Waals surface area contributed by atoms with E-state index in [1.54, 1.807) is 0 Å². The second kappa shape index (κ2) is 18.3. The number of aliphatic hydroxyl groups is 1. The van der Waals surface area contributed by atoms with Crippen molar-refractivity contribution in [1.82, 2.24) is 0 Å². The van der Waals surface area contributed by atoms with Crippen LogP contribution in [0.1, 0.15) is 61.8 Å². The van der Waals surface area contributed by atoms with Gasteiger partial charge in [0.2, 0.25) is 0 Å². The summed E-state index contributed by atoms with van der Waals surface area (Å²) in [4.78, 5) is 0. The van der Waals surface area contributed by atoms with Crippen molar-refractivity contribution in [2.75, 3.05) is 46.2 Å². The van der Waals surface area contributed by atoms with Gasteiger partial charge in [-0.1, -0.05) is 13.8 Å². The smallest absolute Gasteiger partial charge is 0.0781 e. The molecule has 0 radical (unpaired) electrons. The summed E-state index contributed by atoms with van der Waals surface area (Å²) in [5, 5.41) is 8.96. The summed E-state index contributed by atoms with van der Waals surface area (Å²) >= 11 is 0. The van der Waals surface area contributed by atoms with Gasteiger partial charge in [-0.15, -0.1) is 0 Å². The third-order valence-corrected chi connectivity index (χ3v) is 4.43. The molecule has 0 aromatic heterocycles. The Labute approximate surface area is 184 Å². The van der Waals surface area contributed by atoms with Crippen molar-refractivity contribution in [2.24, 2.45) is 5.92 Å². The lowest BCUT2D eigenvalue weighted by Crippen LogP contribution is -2.29. The van der Waals surface area contributed by atoms with Gasteiger partial charge >= 0.3 is 0 Å². The van der Waals surface area contributed by atoms with E-state index >= 15 is 0 Å². The van der Waals surface area contributed by atoms with Crippen LogP contribution in [-0.4, -0.2) is 88.0 Å². The van der Waals surface area contributed by atoms with Crippen LogP contribution in [0.25, 0.3) is 0 Å². The van der Waals surface area contributed by atoms with Crippen molar-refractivity contribution in [3.05, 3.63) is 0 Å². The molecule has 182 valence electrons. The molecule has 0 spiro atoms. The maximum atomic E-state index is 8.96. The molecule has 0 aliphatic heterocycles. The van der Waals surface area contributed by atoms with Gasteiger partial charge in [0.05, 0.1) is 76.3 Å². The normalized spacial score (nSPS) is 18.2. The lowest BCUT2D eigenvalue weighted by Gasteiger charge is -2.22. The first kappa shape index (κ1) is 29.7. The van der Waals surface area contributed by atoms with Crippen LogP contribution in [0, 0.1) is 5.92 Å². The molecule has 6 atom stereocenters. The molecule has 6 unspecified atom stereocenters. The van der Waals surface area contributed by atoms with Gasteiger partial charge in [-0.05, 0) is 53.9 Å². The first-order chi connectivity index (χ1) is 14.1. The molecule has 0 heterocycles. The molecule has 1 N–H and O–H groups in total. The standard InChI is InChI=1S/C23H48O7/c1-17(2)9-10-25-19(4)12-27-21(6)14-29-23(8)16-30-22(7)15-28-20(5)13-26-18(3)11-24/h17-24H,9-16H2,1-8H3. The van der Waals surface area contributed by atoms with Crippen molar-refractivity contribution in [3.63, 3.8) is 0 Å². The van der Waals surface area contributed by atoms with E-state index in [0.717, 1.165) is 13.0 Å². The highest BCUT2D eigenvalue weighted by Crippen LogP contribution is 2.05. The molecule has 0 rings (SSSR count). The first-order valence-electron chi connectivity index (χ1n) is 11.4. The van der Waals surface area contributed by atoms with Gasteiger partial charge in [0.25, 0.3) is 0 Å². The minimum atomic E-state index is -0.172. The fraction of sp³-hybridized carbons (Fsp3) is 1.00. The van der Waals surface area contributed by atoms with Gasteiger partial charge in [-0.2, -0.15) is 0 Å². The topological polar surface area (TPSA) is 75.6 Å². The van der Waals surface area contributed by atoms with Crippen molar-refractivity contribution in [1.29, 1.82) is 0 Å². The van der Waals surface area contributed by atoms with Gasteiger partial charge in [0.15, 0.2) is 0 Å². The maximum Gasteiger partial charge on any atom is 0.0781 e. The van der Waals surface area contributed by atoms with E-state index in [2.05, 4.69) is 13.8 Å². The molecule has 30 heavy (non-hydrogen) atoms. The van der Waals surface area contributed by atoms with Crippen LogP contribution in [0.15, 0.2) is 0 Å². The lowest BCUT2D eigenvalue weighted by molar-refractivity contribution is -0.103. The molecule has 0 aliphatic carbocycles. The van der Waals surface area contributed by atoms with Crippen LogP contribution in [0.3, 0.4) is 0 Å². The average molecular weight is 437 g/mol. The third-order valence-electron chi connectivity index (χ3n) is 4.43. The van der Waals surface area contributed by atoms with Crippen molar-refractivity contribution in [3.8, 4) is 0 Å². The summed E-state index contributed by atoms with van der Waals surface area (Å²) in [6.07, 6.45) is 0.886. The van der Waals surface area contributed by atoms with Crippen LogP contribution in [0.4, 0.5) is 0 Å². The quantitative estimate of drug-likeness (QED) is 0.313. The predicted octanol–water partition coefficient (Wildman–Crippen LogP) is 3.46. The van der Waals surface area contributed by atoms with Crippen LogP contribution in [-0.2, 0) is 28.4 Å². The largest absolute Gasteiger partial charge is 0.394 e. The molecule has 0 aromatic rings. The third kappa shape index (κ3) is 18.5. The Morgan fingerprint density at radius 1 is 0.467 bits per heavy atom. The number of hydrogen-bond donors (Lipinski definition) is 1. The Balaban J connectivity index is 3.76. The maximum absolute atomic E-state index is 8.96. The Kier molecular flexibility index (Phi) is 18.1. The van der Waals surface area contributed by atoms with Gasteiger partial charge in [-0.25, -0.2) is 0 Å². The molecule has 0 bridgehead atoms. The van der Waals surface area contributed by atoms with Gasteiger partial charge in [-0.3, -0.25) is 0 Å². The number of ether oxygens (including phenoxy) is 6. The Morgan fingerprint density at radius 2 is 0.767 bits per heavy atom. The SMILES string of the molecule is CC(C)CCOC(C)COC(C)COC(C)COC(C)COC(C)COC(C)CO. The van der Waals surface area contributed by atoms with Gasteiger partial charge in [0.1, 0.15) is 0 Å². The van der Waals surface area contributed by atoms with Gasteiger partial charge < -0.3 is 33.5 Å². The van der Waals surface area contributed by atoms with E-state index < -0.39 is 0 Å². The van der Waals surface area contributed by atoms with E-state index in [4.69, 9.17) is 33.5 Å². The Morgan fingerprint density at radius 3 is 1.07 bits per heavy atom. The molecule has 0 aliphatic rings. The summed E-state index contributed by atoms with van der Waals surface area (Å²) in [5.74, 6) is 0.654. The van der Waals surface area contributed by atoms with Crippen LogP contribution in [0.5, 0.6) is 0 Å². The van der Waals surface area contributed by atoms with E-state index in [1.807, 2.05) is 41.5 Å². The van der Waals surface area contributed by atoms with Gasteiger partial charge in [0, 0.05) is 6.61 Å². The zero-order valence-electron chi connectivity index (χ0n) is 20.6. The number of rotatable bonds is 20. The summed E-state index contributed by atoms with van der Waals surface area (Å²) in [5.41, 5.74) is 0. The van der Waals surface area contributed by atoms with Crippen LogP contribution >= 0.6 is 0 Å². The molecular formula is C23H48O7. The lowest BCUT2D eigenvalue weighted by atomic mass is 10.1. The summed E-state index contributed by atoms with van der Waals surface area (Å²) in [6, 6.07) is 0. The predicted molar refractivity (Wildman–Crippen MR) is 119 cm³/mol. The molecule has 0 saturated heterocycles. The van der Waals surface area contributed by atoms with E-state index in [1.165, 1.54) is 0 Å². The van der Waals surface area contributed by atoms with Crippen molar-refractivity contribution in [2.45, 2.75) is 98.4 Å². The van der Waals surface area contributed by atoms with E-state index in [-0.39, 0.29) is 43.2 Å². The second-order valence-corrected chi connectivity index (χ2v) is 8.77. The molecule has 0 fully saturated rings. The minimum Gasteiger partial charge on any atom is -0.394 e.